The molecule has 18 heavy (non-hydrogen) atoms. The van der Waals surface area contributed by atoms with E-state index in [1.54, 1.807) is 12.1 Å². The third-order valence-electron chi connectivity index (χ3n) is 3.03. The monoisotopic (exact) mass is 251 g/mol. The number of hydrogen-bond donors (Lipinski definition) is 1. The molecule has 98 valence electrons. The number of fused-ring (bicyclic) bond motifs is 1. The molecule has 0 aromatic heterocycles. The lowest BCUT2D eigenvalue weighted by Gasteiger charge is -2.22. The number of rotatable bonds is 6. The van der Waals surface area contributed by atoms with Gasteiger partial charge in [-0.25, -0.2) is 4.39 Å². The first kappa shape index (κ1) is 13.1. The van der Waals surface area contributed by atoms with Crippen molar-refractivity contribution < 1.29 is 14.2 Å². The molecule has 1 aromatic rings. The maximum absolute atomic E-state index is 13.1. The van der Waals surface area contributed by atoms with E-state index >= 15 is 0 Å². The molecule has 2 rings (SSSR count). The van der Waals surface area contributed by atoms with Gasteiger partial charge in [-0.2, -0.15) is 0 Å². The molecule has 0 amide bonds. The van der Waals surface area contributed by atoms with Gasteiger partial charge >= 0.3 is 0 Å². The predicted octanol–water partition coefficient (Wildman–Crippen LogP) is 1.61. The van der Waals surface area contributed by atoms with Crippen LogP contribution in [0.4, 0.5) is 4.39 Å². The Kier molecular flexibility index (Phi) is 4.33. The van der Waals surface area contributed by atoms with Gasteiger partial charge in [0.25, 0.3) is 0 Å². The summed E-state index contributed by atoms with van der Waals surface area (Å²) in [5, 5.41) is 8.98. The average molecular weight is 251 g/mol. The Hall–Kier alpha value is -1.39. The number of hydrogen-bond acceptors (Lipinski definition) is 3. The highest BCUT2D eigenvalue weighted by Crippen LogP contribution is 2.29. The summed E-state index contributed by atoms with van der Waals surface area (Å²) in [7, 11) is 0. The zero-order valence-corrected chi connectivity index (χ0v) is 10.3. The predicted molar refractivity (Wildman–Crippen MR) is 68.2 cm³/mol. The molecule has 0 saturated heterocycles. The Bertz CT molecular complexity index is 422. The fourth-order valence-electron chi connectivity index (χ4n) is 2.26. The summed E-state index contributed by atoms with van der Waals surface area (Å²) in [5.74, 6) is 0.542. The highest BCUT2D eigenvalue weighted by molar-refractivity contribution is 5.37. The first-order valence-electron chi connectivity index (χ1n) is 6.12. The van der Waals surface area contributed by atoms with Gasteiger partial charge in [-0.05, 0) is 18.2 Å². The lowest BCUT2D eigenvalue weighted by atomic mass is 10.1. The van der Waals surface area contributed by atoms with E-state index < -0.39 is 0 Å². The molecule has 3 nitrogen and oxygen atoms in total. The minimum absolute atomic E-state index is 0.0216. The van der Waals surface area contributed by atoms with Gasteiger partial charge in [0.15, 0.2) is 0 Å². The number of halogens is 1. The largest absolute Gasteiger partial charge is 0.488 e. The Morgan fingerprint density at radius 3 is 3.11 bits per heavy atom. The molecule has 0 radical (unpaired) electrons. The molecule has 0 fully saturated rings. The van der Waals surface area contributed by atoms with Crippen molar-refractivity contribution in [2.75, 3.05) is 26.2 Å². The molecular formula is C14H18FNO2. The van der Waals surface area contributed by atoms with E-state index in [9.17, 15) is 4.39 Å². The van der Waals surface area contributed by atoms with Crippen LogP contribution in [0.2, 0.25) is 0 Å². The van der Waals surface area contributed by atoms with Gasteiger partial charge in [-0.15, -0.1) is 6.58 Å². The highest BCUT2D eigenvalue weighted by Gasteiger charge is 2.24. The molecule has 1 N–H and O–H groups in total. The second-order valence-electron chi connectivity index (χ2n) is 4.47. The Labute approximate surface area is 106 Å². The van der Waals surface area contributed by atoms with Gasteiger partial charge in [-0.3, -0.25) is 4.90 Å². The first-order valence-corrected chi connectivity index (χ1v) is 6.12. The summed E-state index contributed by atoms with van der Waals surface area (Å²) in [6.45, 7) is 5.83. The third kappa shape index (κ3) is 3.09. The van der Waals surface area contributed by atoms with E-state index in [4.69, 9.17) is 9.84 Å². The summed E-state index contributed by atoms with van der Waals surface area (Å²) < 4.78 is 18.8. The van der Waals surface area contributed by atoms with Gasteiger partial charge in [0, 0.05) is 31.6 Å². The minimum Gasteiger partial charge on any atom is -0.488 e. The Morgan fingerprint density at radius 2 is 2.39 bits per heavy atom. The minimum atomic E-state index is -0.226. The maximum Gasteiger partial charge on any atom is 0.123 e. The molecule has 1 unspecified atom stereocenters. The van der Waals surface area contributed by atoms with E-state index in [1.165, 1.54) is 12.1 Å². The molecule has 0 aliphatic carbocycles. The normalized spacial score (nSPS) is 17.6. The van der Waals surface area contributed by atoms with Crippen LogP contribution in [0.3, 0.4) is 0 Å². The molecule has 0 saturated carbocycles. The lowest BCUT2D eigenvalue weighted by Crippen LogP contribution is -2.36. The van der Waals surface area contributed by atoms with E-state index in [0.29, 0.717) is 26.1 Å². The Balaban J connectivity index is 1.95. The number of aliphatic hydroxyl groups excluding tert-OH is 1. The summed E-state index contributed by atoms with van der Waals surface area (Å²) in [4.78, 5) is 2.07. The number of aliphatic hydroxyl groups is 1. The number of nitrogens with zero attached hydrogens (tertiary/aromatic N) is 1. The summed E-state index contributed by atoms with van der Waals surface area (Å²) >= 11 is 0. The molecule has 0 spiro atoms. The smallest absolute Gasteiger partial charge is 0.123 e. The highest BCUT2D eigenvalue weighted by atomic mass is 19.1. The van der Waals surface area contributed by atoms with Crippen molar-refractivity contribution in [2.24, 2.45) is 0 Å². The van der Waals surface area contributed by atoms with Crippen LogP contribution in [0.1, 0.15) is 5.56 Å². The molecular weight excluding hydrogens is 233 g/mol. The average Bonchev–Trinajstić information content (AvgIpc) is 2.71. The fourth-order valence-corrected chi connectivity index (χ4v) is 2.26. The summed E-state index contributed by atoms with van der Waals surface area (Å²) in [5.41, 5.74) is 0.919. The quantitative estimate of drug-likeness (QED) is 0.780. The lowest BCUT2D eigenvalue weighted by molar-refractivity contribution is 0.138. The summed E-state index contributed by atoms with van der Waals surface area (Å²) in [6.07, 6.45) is 2.54. The van der Waals surface area contributed by atoms with Crippen LogP contribution in [0.5, 0.6) is 5.75 Å². The van der Waals surface area contributed by atoms with Crippen LogP contribution < -0.4 is 4.74 Å². The number of benzene rings is 1. The van der Waals surface area contributed by atoms with Crippen molar-refractivity contribution in [3.05, 3.63) is 42.2 Å². The second kappa shape index (κ2) is 5.98. The van der Waals surface area contributed by atoms with Crippen molar-refractivity contribution >= 4 is 0 Å². The van der Waals surface area contributed by atoms with Gasteiger partial charge in [0.05, 0.1) is 6.61 Å². The Morgan fingerprint density at radius 1 is 1.56 bits per heavy atom. The third-order valence-corrected chi connectivity index (χ3v) is 3.03. The van der Waals surface area contributed by atoms with Crippen molar-refractivity contribution in [3.63, 3.8) is 0 Å². The SMILES string of the molecule is C=CCN(CCO)CC1Cc2cc(F)ccc2O1. The molecule has 1 aliphatic heterocycles. The zero-order chi connectivity index (χ0) is 13.0. The van der Waals surface area contributed by atoms with Crippen LogP contribution in [-0.4, -0.2) is 42.4 Å². The second-order valence-corrected chi connectivity index (χ2v) is 4.47. The summed E-state index contributed by atoms with van der Waals surface area (Å²) in [6, 6.07) is 4.62. The van der Waals surface area contributed by atoms with Gasteiger partial charge in [0.1, 0.15) is 17.7 Å². The van der Waals surface area contributed by atoms with Crippen molar-refractivity contribution in [1.29, 1.82) is 0 Å². The molecule has 0 bridgehead atoms. The van der Waals surface area contributed by atoms with Crippen LogP contribution in [0.25, 0.3) is 0 Å². The fraction of sp³-hybridized carbons (Fsp3) is 0.429. The first-order chi connectivity index (χ1) is 8.72. The zero-order valence-electron chi connectivity index (χ0n) is 10.3. The van der Waals surface area contributed by atoms with Crippen LogP contribution in [-0.2, 0) is 6.42 Å². The number of ether oxygens (including phenoxy) is 1. The molecule has 1 aliphatic rings. The van der Waals surface area contributed by atoms with E-state index in [1.807, 2.05) is 0 Å². The molecule has 1 heterocycles. The maximum atomic E-state index is 13.1. The molecule has 1 atom stereocenters. The van der Waals surface area contributed by atoms with Gasteiger partial charge in [-0.1, -0.05) is 6.08 Å². The van der Waals surface area contributed by atoms with Crippen molar-refractivity contribution in [2.45, 2.75) is 12.5 Å². The van der Waals surface area contributed by atoms with Crippen LogP contribution in [0, 0.1) is 5.82 Å². The standard InChI is InChI=1S/C14H18FNO2/c1-2-5-16(6-7-17)10-13-9-11-8-12(15)3-4-14(11)18-13/h2-4,8,13,17H,1,5-7,9-10H2. The van der Waals surface area contributed by atoms with Crippen molar-refractivity contribution in [1.82, 2.24) is 4.90 Å². The van der Waals surface area contributed by atoms with Gasteiger partial charge < -0.3 is 9.84 Å². The van der Waals surface area contributed by atoms with Crippen molar-refractivity contribution in [3.8, 4) is 5.75 Å². The van der Waals surface area contributed by atoms with Crippen LogP contribution >= 0.6 is 0 Å². The van der Waals surface area contributed by atoms with Gasteiger partial charge in [0.2, 0.25) is 0 Å². The molecule has 1 aromatic carbocycles. The topological polar surface area (TPSA) is 32.7 Å². The van der Waals surface area contributed by atoms with E-state index in [0.717, 1.165) is 11.3 Å². The van der Waals surface area contributed by atoms with E-state index in [-0.39, 0.29) is 18.5 Å². The van der Waals surface area contributed by atoms with Crippen LogP contribution in [0.15, 0.2) is 30.9 Å². The molecule has 4 heteroatoms. The van der Waals surface area contributed by atoms with E-state index in [2.05, 4.69) is 11.5 Å².